The lowest BCUT2D eigenvalue weighted by Gasteiger charge is -2.08. The lowest BCUT2D eigenvalue weighted by Crippen LogP contribution is -2.08. The van der Waals surface area contributed by atoms with Crippen LogP contribution < -0.4 is 15.2 Å². The van der Waals surface area contributed by atoms with Gasteiger partial charge < -0.3 is 19.8 Å². The Bertz CT molecular complexity index is 607. The quantitative estimate of drug-likeness (QED) is 0.798. The van der Waals surface area contributed by atoms with E-state index in [2.05, 4.69) is 4.98 Å². The number of nitrogens with zero attached hydrogens (tertiary/aromatic N) is 2. The standard InChI is InChI=1S/C14H17N3O3/c1-19-10-3-4-11(13(7-10)20-2)14(18)12-8-17(6-5-15)9-16-12/h3-4,7-9H,5-6,15H2,1-2H3. The Morgan fingerprint density at radius 2 is 2.15 bits per heavy atom. The molecular formula is C14H17N3O3. The second kappa shape index (κ2) is 6.21. The van der Waals surface area contributed by atoms with Crippen LogP contribution in [0.4, 0.5) is 0 Å². The van der Waals surface area contributed by atoms with Gasteiger partial charge in [-0.15, -0.1) is 0 Å². The Morgan fingerprint density at radius 1 is 1.35 bits per heavy atom. The van der Waals surface area contributed by atoms with Crippen molar-refractivity contribution < 1.29 is 14.3 Å². The maximum Gasteiger partial charge on any atom is 0.216 e. The fraction of sp³-hybridized carbons (Fsp3) is 0.286. The number of imidazole rings is 1. The Morgan fingerprint density at radius 3 is 2.80 bits per heavy atom. The third-order valence-electron chi connectivity index (χ3n) is 2.91. The van der Waals surface area contributed by atoms with Crippen LogP contribution in [0.3, 0.4) is 0 Å². The number of methoxy groups -OCH3 is 2. The van der Waals surface area contributed by atoms with Crippen LogP contribution in [0.1, 0.15) is 16.1 Å². The summed E-state index contributed by atoms with van der Waals surface area (Å²) >= 11 is 0. The molecule has 6 nitrogen and oxygen atoms in total. The fourth-order valence-corrected chi connectivity index (χ4v) is 1.87. The lowest BCUT2D eigenvalue weighted by atomic mass is 10.1. The zero-order chi connectivity index (χ0) is 14.5. The summed E-state index contributed by atoms with van der Waals surface area (Å²) in [7, 11) is 3.07. The van der Waals surface area contributed by atoms with Crippen molar-refractivity contribution in [2.24, 2.45) is 5.73 Å². The van der Waals surface area contributed by atoms with Crippen LogP contribution >= 0.6 is 0 Å². The highest BCUT2D eigenvalue weighted by molar-refractivity contribution is 6.09. The van der Waals surface area contributed by atoms with Crippen molar-refractivity contribution in [2.75, 3.05) is 20.8 Å². The number of carbonyl (C=O) groups excluding carboxylic acids is 1. The number of carbonyl (C=O) groups is 1. The van der Waals surface area contributed by atoms with Gasteiger partial charge in [0.2, 0.25) is 5.78 Å². The molecule has 2 rings (SSSR count). The summed E-state index contributed by atoms with van der Waals surface area (Å²) in [5.74, 6) is 0.898. The van der Waals surface area contributed by atoms with Gasteiger partial charge in [-0.05, 0) is 12.1 Å². The first-order valence-corrected chi connectivity index (χ1v) is 6.18. The van der Waals surface area contributed by atoms with E-state index >= 15 is 0 Å². The largest absolute Gasteiger partial charge is 0.497 e. The first kappa shape index (κ1) is 14.1. The smallest absolute Gasteiger partial charge is 0.216 e. The summed E-state index contributed by atoms with van der Waals surface area (Å²) < 4.78 is 12.1. The van der Waals surface area contributed by atoms with Crippen LogP contribution in [0.15, 0.2) is 30.7 Å². The van der Waals surface area contributed by atoms with Gasteiger partial charge in [-0.3, -0.25) is 4.79 Å². The average Bonchev–Trinajstić information content (AvgIpc) is 2.94. The number of benzene rings is 1. The van der Waals surface area contributed by atoms with Crippen LogP contribution in [-0.2, 0) is 6.54 Å². The molecule has 6 heteroatoms. The van der Waals surface area contributed by atoms with Gasteiger partial charge in [0.15, 0.2) is 0 Å². The molecule has 106 valence electrons. The summed E-state index contributed by atoms with van der Waals surface area (Å²) in [5, 5.41) is 0. The molecule has 0 aliphatic rings. The van der Waals surface area contributed by atoms with Crippen LogP contribution in [0.5, 0.6) is 11.5 Å². The average molecular weight is 275 g/mol. The van der Waals surface area contributed by atoms with Crippen molar-refractivity contribution in [1.29, 1.82) is 0 Å². The van der Waals surface area contributed by atoms with Crippen LogP contribution in [0, 0.1) is 0 Å². The van der Waals surface area contributed by atoms with E-state index in [0.717, 1.165) is 0 Å². The van der Waals surface area contributed by atoms with E-state index in [9.17, 15) is 4.79 Å². The third-order valence-corrected chi connectivity index (χ3v) is 2.91. The van der Waals surface area contributed by atoms with Gasteiger partial charge in [0.25, 0.3) is 0 Å². The molecule has 1 heterocycles. The predicted molar refractivity (Wildman–Crippen MR) is 74.3 cm³/mol. The highest BCUT2D eigenvalue weighted by Crippen LogP contribution is 2.26. The summed E-state index contributed by atoms with van der Waals surface area (Å²) in [4.78, 5) is 16.5. The summed E-state index contributed by atoms with van der Waals surface area (Å²) in [6.07, 6.45) is 3.27. The van der Waals surface area contributed by atoms with Crippen molar-refractivity contribution >= 4 is 5.78 Å². The first-order chi connectivity index (χ1) is 9.69. The fourth-order valence-electron chi connectivity index (χ4n) is 1.87. The molecule has 0 spiro atoms. The molecule has 0 unspecified atom stereocenters. The van der Waals surface area contributed by atoms with E-state index in [1.807, 2.05) is 0 Å². The van der Waals surface area contributed by atoms with E-state index in [1.54, 1.807) is 42.4 Å². The Kier molecular flexibility index (Phi) is 4.37. The number of rotatable bonds is 6. The molecule has 0 aliphatic carbocycles. The second-order valence-corrected chi connectivity index (χ2v) is 4.18. The van der Waals surface area contributed by atoms with Crippen molar-refractivity contribution in [3.63, 3.8) is 0 Å². The SMILES string of the molecule is COc1ccc(C(=O)c2cn(CCN)cn2)c(OC)c1. The number of ketones is 1. The molecule has 1 aromatic carbocycles. The van der Waals surface area contributed by atoms with E-state index in [-0.39, 0.29) is 5.78 Å². The third kappa shape index (κ3) is 2.80. The van der Waals surface area contributed by atoms with Crippen LogP contribution in [0.2, 0.25) is 0 Å². The number of hydrogen-bond donors (Lipinski definition) is 1. The van der Waals surface area contributed by atoms with E-state index in [4.69, 9.17) is 15.2 Å². The monoisotopic (exact) mass is 275 g/mol. The molecule has 0 saturated carbocycles. The van der Waals surface area contributed by atoms with E-state index < -0.39 is 0 Å². The number of ether oxygens (including phenoxy) is 2. The Labute approximate surface area is 117 Å². The summed E-state index contributed by atoms with van der Waals surface area (Å²) in [6.45, 7) is 1.12. The molecule has 20 heavy (non-hydrogen) atoms. The number of aromatic nitrogens is 2. The molecule has 0 radical (unpaired) electrons. The minimum atomic E-state index is -0.194. The maximum absolute atomic E-state index is 12.4. The van der Waals surface area contributed by atoms with E-state index in [0.29, 0.717) is 35.8 Å². The van der Waals surface area contributed by atoms with Gasteiger partial charge in [0.05, 0.1) is 26.1 Å². The normalized spacial score (nSPS) is 10.3. The van der Waals surface area contributed by atoms with Gasteiger partial charge in [-0.1, -0.05) is 0 Å². The molecule has 0 aliphatic heterocycles. The summed E-state index contributed by atoms with van der Waals surface area (Å²) in [5.41, 5.74) is 6.28. The van der Waals surface area contributed by atoms with Crippen molar-refractivity contribution in [3.8, 4) is 11.5 Å². The molecule has 2 aromatic rings. The minimum Gasteiger partial charge on any atom is -0.497 e. The molecule has 0 bridgehead atoms. The minimum absolute atomic E-state index is 0.194. The first-order valence-electron chi connectivity index (χ1n) is 6.18. The van der Waals surface area contributed by atoms with Gasteiger partial charge in [-0.2, -0.15) is 0 Å². The van der Waals surface area contributed by atoms with Crippen LogP contribution in [0.25, 0.3) is 0 Å². The van der Waals surface area contributed by atoms with Crippen LogP contribution in [-0.4, -0.2) is 36.1 Å². The molecule has 2 N–H and O–H groups in total. The van der Waals surface area contributed by atoms with Gasteiger partial charge in [0.1, 0.15) is 17.2 Å². The number of nitrogens with two attached hydrogens (primary N) is 1. The van der Waals surface area contributed by atoms with Crippen molar-refractivity contribution in [1.82, 2.24) is 9.55 Å². The molecule has 0 amide bonds. The number of hydrogen-bond acceptors (Lipinski definition) is 5. The zero-order valence-corrected chi connectivity index (χ0v) is 11.5. The Hall–Kier alpha value is -2.34. The predicted octanol–water partition coefficient (Wildman–Crippen LogP) is 1.09. The van der Waals surface area contributed by atoms with Crippen molar-refractivity contribution in [2.45, 2.75) is 6.54 Å². The highest BCUT2D eigenvalue weighted by atomic mass is 16.5. The second-order valence-electron chi connectivity index (χ2n) is 4.18. The van der Waals surface area contributed by atoms with E-state index in [1.165, 1.54) is 7.11 Å². The maximum atomic E-state index is 12.4. The highest BCUT2D eigenvalue weighted by Gasteiger charge is 2.17. The van der Waals surface area contributed by atoms with Gasteiger partial charge in [0, 0.05) is 25.4 Å². The topological polar surface area (TPSA) is 79.4 Å². The zero-order valence-electron chi connectivity index (χ0n) is 11.5. The molecule has 1 aromatic heterocycles. The molecule has 0 saturated heterocycles. The molecule has 0 fully saturated rings. The Balaban J connectivity index is 2.32. The summed E-state index contributed by atoms with van der Waals surface area (Å²) in [6, 6.07) is 5.05. The van der Waals surface area contributed by atoms with Crippen molar-refractivity contribution in [3.05, 3.63) is 42.0 Å². The lowest BCUT2D eigenvalue weighted by molar-refractivity contribution is 0.103. The van der Waals surface area contributed by atoms with Gasteiger partial charge >= 0.3 is 0 Å². The molecular weight excluding hydrogens is 258 g/mol. The van der Waals surface area contributed by atoms with Gasteiger partial charge in [-0.25, -0.2) is 4.98 Å². The molecule has 0 atom stereocenters.